The SMILES string of the molecule is O=C(O)c1ccc(CNC2OC(=O)c3ccccc32)cc1. The summed E-state index contributed by atoms with van der Waals surface area (Å²) in [6.45, 7) is 0.478. The van der Waals surface area contributed by atoms with Gasteiger partial charge in [0.25, 0.3) is 0 Å². The fourth-order valence-electron chi connectivity index (χ4n) is 2.27. The molecule has 0 aliphatic carbocycles. The third-order valence-electron chi connectivity index (χ3n) is 3.38. The van der Waals surface area contributed by atoms with Crippen LogP contribution >= 0.6 is 0 Å². The van der Waals surface area contributed by atoms with Gasteiger partial charge in [-0.1, -0.05) is 30.3 Å². The fourth-order valence-corrected chi connectivity index (χ4v) is 2.27. The van der Waals surface area contributed by atoms with Crippen molar-refractivity contribution >= 4 is 11.9 Å². The minimum atomic E-state index is -0.951. The molecule has 0 aromatic heterocycles. The Hall–Kier alpha value is -2.66. The van der Waals surface area contributed by atoms with Crippen molar-refractivity contribution < 1.29 is 19.4 Å². The van der Waals surface area contributed by atoms with Gasteiger partial charge in [-0.3, -0.25) is 5.32 Å². The molecule has 0 bridgehead atoms. The van der Waals surface area contributed by atoms with E-state index in [-0.39, 0.29) is 11.5 Å². The van der Waals surface area contributed by atoms with Gasteiger partial charge in [-0.25, -0.2) is 9.59 Å². The van der Waals surface area contributed by atoms with Gasteiger partial charge < -0.3 is 9.84 Å². The highest BCUT2D eigenvalue weighted by atomic mass is 16.6. The van der Waals surface area contributed by atoms with Crippen LogP contribution in [0, 0.1) is 0 Å². The first-order valence-corrected chi connectivity index (χ1v) is 6.50. The molecule has 1 aliphatic heterocycles. The number of aromatic carboxylic acids is 1. The first-order chi connectivity index (χ1) is 10.1. The number of cyclic esters (lactones) is 1. The molecule has 5 heteroatoms. The number of carboxylic acids is 1. The van der Waals surface area contributed by atoms with E-state index in [0.717, 1.165) is 11.1 Å². The van der Waals surface area contributed by atoms with E-state index in [1.807, 2.05) is 12.1 Å². The molecule has 1 atom stereocenters. The predicted molar refractivity (Wildman–Crippen MR) is 74.8 cm³/mol. The van der Waals surface area contributed by atoms with Gasteiger partial charge in [0.15, 0.2) is 6.23 Å². The number of esters is 1. The molecule has 3 rings (SSSR count). The number of hydrogen-bond acceptors (Lipinski definition) is 4. The van der Waals surface area contributed by atoms with Gasteiger partial charge in [0, 0.05) is 12.1 Å². The molecule has 0 radical (unpaired) electrons. The average Bonchev–Trinajstić information content (AvgIpc) is 2.83. The van der Waals surface area contributed by atoms with Gasteiger partial charge in [-0.2, -0.15) is 0 Å². The van der Waals surface area contributed by atoms with Gasteiger partial charge in [0.05, 0.1) is 11.1 Å². The molecule has 5 nitrogen and oxygen atoms in total. The van der Waals surface area contributed by atoms with E-state index < -0.39 is 12.2 Å². The topological polar surface area (TPSA) is 75.6 Å². The Bertz CT molecular complexity index is 694. The summed E-state index contributed by atoms with van der Waals surface area (Å²) < 4.78 is 5.27. The maximum atomic E-state index is 11.7. The van der Waals surface area contributed by atoms with Crippen molar-refractivity contribution in [1.82, 2.24) is 5.32 Å². The van der Waals surface area contributed by atoms with Crippen molar-refractivity contribution in [2.45, 2.75) is 12.8 Å². The first kappa shape index (κ1) is 13.3. The highest BCUT2D eigenvalue weighted by Crippen LogP contribution is 2.28. The molecule has 0 spiro atoms. The Balaban J connectivity index is 1.69. The second-order valence-corrected chi connectivity index (χ2v) is 4.76. The quantitative estimate of drug-likeness (QED) is 0.842. The number of ether oxygens (including phenoxy) is 1. The lowest BCUT2D eigenvalue weighted by molar-refractivity contribution is 0.0303. The molecule has 0 fully saturated rings. The largest absolute Gasteiger partial charge is 0.478 e. The van der Waals surface area contributed by atoms with Crippen LogP contribution in [0.25, 0.3) is 0 Å². The van der Waals surface area contributed by atoms with E-state index in [9.17, 15) is 9.59 Å². The second-order valence-electron chi connectivity index (χ2n) is 4.76. The zero-order valence-corrected chi connectivity index (χ0v) is 11.1. The fraction of sp³-hybridized carbons (Fsp3) is 0.125. The van der Waals surface area contributed by atoms with Crippen molar-refractivity contribution in [3.05, 3.63) is 70.8 Å². The number of nitrogens with one attached hydrogen (secondary N) is 1. The van der Waals surface area contributed by atoms with Crippen LogP contribution in [0.5, 0.6) is 0 Å². The third-order valence-corrected chi connectivity index (χ3v) is 3.38. The van der Waals surface area contributed by atoms with Crippen LogP contribution in [0.4, 0.5) is 0 Å². The summed E-state index contributed by atoms with van der Waals surface area (Å²) >= 11 is 0. The number of benzene rings is 2. The van der Waals surface area contributed by atoms with Crippen LogP contribution in [0.3, 0.4) is 0 Å². The highest BCUT2D eigenvalue weighted by molar-refractivity contribution is 5.93. The molecule has 1 aliphatic rings. The summed E-state index contributed by atoms with van der Waals surface area (Å²) in [5, 5.41) is 12.0. The van der Waals surface area contributed by atoms with E-state index in [4.69, 9.17) is 9.84 Å². The zero-order chi connectivity index (χ0) is 14.8. The van der Waals surface area contributed by atoms with Gasteiger partial charge in [-0.05, 0) is 23.8 Å². The van der Waals surface area contributed by atoms with E-state index in [1.54, 1.807) is 36.4 Å². The van der Waals surface area contributed by atoms with Crippen molar-refractivity contribution in [2.75, 3.05) is 0 Å². The molecule has 1 unspecified atom stereocenters. The molecular formula is C16H13NO4. The molecule has 1 heterocycles. The zero-order valence-electron chi connectivity index (χ0n) is 11.1. The van der Waals surface area contributed by atoms with E-state index in [0.29, 0.717) is 12.1 Å². The number of carboxylic acid groups (broad SMARTS) is 1. The van der Waals surface area contributed by atoms with Crippen molar-refractivity contribution in [3.8, 4) is 0 Å². The minimum absolute atomic E-state index is 0.247. The number of carbonyl (C=O) groups is 2. The van der Waals surface area contributed by atoms with Crippen LogP contribution in [-0.2, 0) is 11.3 Å². The molecule has 21 heavy (non-hydrogen) atoms. The summed E-state index contributed by atoms with van der Waals surface area (Å²) in [4.78, 5) is 22.5. The molecule has 2 aromatic rings. The molecule has 2 N–H and O–H groups in total. The summed E-state index contributed by atoms with van der Waals surface area (Å²) in [6, 6.07) is 13.8. The lowest BCUT2D eigenvalue weighted by atomic mass is 10.1. The van der Waals surface area contributed by atoms with Gasteiger partial charge in [-0.15, -0.1) is 0 Å². The number of rotatable bonds is 4. The average molecular weight is 283 g/mol. The number of hydrogen-bond donors (Lipinski definition) is 2. The maximum absolute atomic E-state index is 11.7. The van der Waals surface area contributed by atoms with Crippen molar-refractivity contribution in [1.29, 1.82) is 0 Å². The van der Waals surface area contributed by atoms with Gasteiger partial charge in [0.2, 0.25) is 0 Å². The monoisotopic (exact) mass is 283 g/mol. The van der Waals surface area contributed by atoms with Crippen LogP contribution in [0.1, 0.15) is 38.1 Å². The smallest absolute Gasteiger partial charge is 0.340 e. The molecular weight excluding hydrogens is 270 g/mol. The molecule has 0 saturated carbocycles. The van der Waals surface area contributed by atoms with E-state index >= 15 is 0 Å². The Morgan fingerprint density at radius 3 is 2.57 bits per heavy atom. The summed E-state index contributed by atoms with van der Waals surface area (Å²) in [5.41, 5.74) is 2.57. The lowest BCUT2D eigenvalue weighted by Gasteiger charge is -2.13. The molecule has 0 amide bonds. The Kier molecular flexibility index (Phi) is 3.41. The minimum Gasteiger partial charge on any atom is -0.478 e. The maximum Gasteiger partial charge on any atom is 0.340 e. The van der Waals surface area contributed by atoms with E-state index in [1.165, 1.54) is 0 Å². The number of fused-ring (bicyclic) bond motifs is 1. The Morgan fingerprint density at radius 2 is 1.86 bits per heavy atom. The van der Waals surface area contributed by atoms with Crippen molar-refractivity contribution in [2.24, 2.45) is 0 Å². The van der Waals surface area contributed by atoms with Crippen LogP contribution < -0.4 is 5.32 Å². The summed E-state index contributed by atoms with van der Waals surface area (Å²) in [5.74, 6) is -1.28. The molecule has 106 valence electrons. The van der Waals surface area contributed by atoms with Crippen molar-refractivity contribution in [3.63, 3.8) is 0 Å². The normalized spacial score (nSPS) is 16.4. The third kappa shape index (κ3) is 2.64. The number of carbonyl (C=O) groups excluding carboxylic acids is 1. The van der Waals surface area contributed by atoms with Crippen LogP contribution in [-0.4, -0.2) is 17.0 Å². The van der Waals surface area contributed by atoms with E-state index in [2.05, 4.69) is 5.32 Å². The standard InChI is InChI=1S/C16H13NO4/c18-15(19)11-7-5-10(6-8-11)9-17-14-12-3-1-2-4-13(12)16(20)21-14/h1-8,14,17H,9H2,(H,18,19). The second kappa shape index (κ2) is 5.38. The summed E-state index contributed by atoms with van der Waals surface area (Å²) in [7, 11) is 0. The Morgan fingerprint density at radius 1 is 1.14 bits per heavy atom. The van der Waals surface area contributed by atoms with Gasteiger partial charge >= 0.3 is 11.9 Å². The first-order valence-electron chi connectivity index (χ1n) is 6.50. The molecule has 0 saturated heterocycles. The highest BCUT2D eigenvalue weighted by Gasteiger charge is 2.29. The Labute approximate surface area is 121 Å². The summed E-state index contributed by atoms with van der Waals surface area (Å²) in [6.07, 6.45) is -0.465. The lowest BCUT2D eigenvalue weighted by Crippen LogP contribution is -2.20. The van der Waals surface area contributed by atoms with Crippen LogP contribution in [0.15, 0.2) is 48.5 Å². The van der Waals surface area contributed by atoms with Gasteiger partial charge in [0.1, 0.15) is 0 Å². The predicted octanol–water partition coefficient (Wildman–Crippen LogP) is 2.34. The van der Waals surface area contributed by atoms with Crippen LogP contribution in [0.2, 0.25) is 0 Å². The molecule has 2 aromatic carbocycles.